The van der Waals surface area contributed by atoms with Crippen molar-refractivity contribution < 1.29 is 0 Å². The molecule has 5 nitrogen and oxygen atoms in total. The van der Waals surface area contributed by atoms with E-state index >= 15 is 0 Å². The molecule has 26 heavy (non-hydrogen) atoms. The van der Waals surface area contributed by atoms with Gasteiger partial charge in [0, 0.05) is 12.1 Å². The zero-order chi connectivity index (χ0) is 18.1. The van der Waals surface area contributed by atoms with Crippen LogP contribution in [0.3, 0.4) is 0 Å². The summed E-state index contributed by atoms with van der Waals surface area (Å²) in [7, 11) is 0. The van der Waals surface area contributed by atoms with Crippen LogP contribution in [0.2, 0.25) is 0 Å². The summed E-state index contributed by atoms with van der Waals surface area (Å²) in [4.78, 5) is 13.8. The SMILES string of the molecule is Cc1ccc(-n2cnc3c(Cc4ccc(C#N)cc4)nc(C)nc32)cc1. The molecule has 2 aromatic heterocycles. The van der Waals surface area contributed by atoms with Crippen LogP contribution in [0, 0.1) is 25.2 Å². The number of aromatic nitrogens is 4. The second-order valence-corrected chi connectivity index (χ2v) is 6.33. The van der Waals surface area contributed by atoms with E-state index in [1.165, 1.54) is 5.56 Å². The summed E-state index contributed by atoms with van der Waals surface area (Å²) in [5, 5.41) is 8.94. The van der Waals surface area contributed by atoms with E-state index in [4.69, 9.17) is 5.26 Å². The Morgan fingerprint density at radius 1 is 0.962 bits per heavy atom. The number of hydrogen-bond donors (Lipinski definition) is 0. The van der Waals surface area contributed by atoms with Gasteiger partial charge in [-0.3, -0.25) is 4.57 Å². The molecule has 0 aliphatic heterocycles. The first-order valence-electron chi connectivity index (χ1n) is 8.41. The first-order valence-corrected chi connectivity index (χ1v) is 8.41. The van der Waals surface area contributed by atoms with Crippen LogP contribution in [0.4, 0.5) is 0 Å². The van der Waals surface area contributed by atoms with E-state index < -0.39 is 0 Å². The molecule has 2 heterocycles. The quantitative estimate of drug-likeness (QED) is 0.568. The van der Waals surface area contributed by atoms with E-state index in [0.717, 1.165) is 33.9 Å². The number of nitrogens with zero attached hydrogens (tertiary/aromatic N) is 5. The smallest absolute Gasteiger partial charge is 0.168 e. The van der Waals surface area contributed by atoms with Crippen molar-refractivity contribution in [3.05, 3.63) is 83.1 Å². The van der Waals surface area contributed by atoms with Gasteiger partial charge in [0.05, 0.1) is 17.3 Å². The molecular weight excluding hydrogens is 322 g/mol. The van der Waals surface area contributed by atoms with Crippen LogP contribution in [0.15, 0.2) is 54.9 Å². The summed E-state index contributed by atoms with van der Waals surface area (Å²) < 4.78 is 1.99. The third-order valence-electron chi connectivity index (χ3n) is 4.35. The molecule has 0 aliphatic rings. The summed E-state index contributed by atoms with van der Waals surface area (Å²) in [5.41, 5.74) is 6.49. The predicted molar refractivity (Wildman–Crippen MR) is 100 cm³/mol. The van der Waals surface area contributed by atoms with Crippen LogP contribution in [-0.4, -0.2) is 19.5 Å². The van der Waals surface area contributed by atoms with E-state index in [9.17, 15) is 0 Å². The molecule has 2 aromatic carbocycles. The summed E-state index contributed by atoms with van der Waals surface area (Å²) >= 11 is 0. The van der Waals surface area contributed by atoms with Crippen molar-refractivity contribution in [3.63, 3.8) is 0 Å². The maximum atomic E-state index is 8.94. The number of benzene rings is 2. The highest BCUT2D eigenvalue weighted by atomic mass is 15.1. The summed E-state index contributed by atoms with van der Waals surface area (Å²) in [6, 6.07) is 18.0. The molecule has 0 spiro atoms. The van der Waals surface area contributed by atoms with Gasteiger partial charge in [0.1, 0.15) is 17.7 Å². The molecule has 0 atom stereocenters. The topological polar surface area (TPSA) is 67.4 Å². The molecule has 0 N–H and O–H groups in total. The number of nitriles is 1. The van der Waals surface area contributed by atoms with Gasteiger partial charge in [0.25, 0.3) is 0 Å². The van der Waals surface area contributed by atoms with Crippen LogP contribution in [0.1, 0.15) is 28.2 Å². The van der Waals surface area contributed by atoms with E-state index in [1.54, 1.807) is 6.33 Å². The second kappa shape index (κ2) is 6.41. The van der Waals surface area contributed by atoms with Crippen molar-refractivity contribution in [3.8, 4) is 11.8 Å². The summed E-state index contributed by atoms with van der Waals surface area (Å²) in [5.74, 6) is 0.718. The molecule has 0 saturated carbocycles. The van der Waals surface area contributed by atoms with E-state index in [2.05, 4.69) is 52.2 Å². The molecule has 4 rings (SSSR count). The van der Waals surface area contributed by atoms with Crippen LogP contribution in [-0.2, 0) is 6.42 Å². The van der Waals surface area contributed by atoms with Crippen LogP contribution >= 0.6 is 0 Å². The van der Waals surface area contributed by atoms with E-state index in [0.29, 0.717) is 12.0 Å². The van der Waals surface area contributed by atoms with Crippen LogP contribution < -0.4 is 0 Å². The highest BCUT2D eigenvalue weighted by Crippen LogP contribution is 2.21. The zero-order valence-electron chi connectivity index (χ0n) is 14.6. The number of hydrogen-bond acceptors (Lipinski definition) is 4. The number of aryl methyl sites for hydroxylation is 2. The van der Waals surface area contributed by atoms with Crippen molar-refractivity contribution in [2.24, 2.45) is 0 Å². The molecular formula is C21H17N5. The Morgan fingerprint density at radius 3 is 2.38 bits per heavy atom. The van der Waals surface area contributed by atoms with Crippen LogP contribution in [0.25, 0.3) is 16.9 Å². The molecule has 126 valence electrons. The standard InChI is InChI=1S/C21H17N5/c1-14-3-9-18(10-4-14)26-13-23-20-19(24-15(2)25-21(20)26)11-16-5-7-17(12-22)8-6-16/h3-10,13H,11H2,1-2H3. The van der Waals surface area contributed by atoms with Gasteiger partial charge in [0.2, 0.25) is 0 Å². The second-order valence-electron chi connectivity index (χ2n) is 6.33. The van der Waals surface area contributed by atoms with Crippen LogP contribution in [0.5, 0.6) is 0 Å². The average molecular weight is 339 g/mol. The Kier molecular flexibility index (Phi) is 3.94. The Balaban J connectivity index is 1.78. The van der Waals surface area contributed by atoms with Crippen molar-refractivity contribution in [2.75, 3.05) is 0 Å². The fraction of sp³-hybridized carbons (Fsp3) is 0.143. The zero-order valence-corrected chi connectivity index (χ0v) is 14.6. The fourth-order valence-electron chi connectivity index (χ4n) is 2.99. The lowest BCUT2D eigenvalue weighted by atomic mass is 10.1. The molecule has 0 aliphatic carbocycles. The predicted octanol–water partition coefficient (Wildman–Crippen LogP) is 3.89. The fourth-order valence-corrected chi connectivity index (χ4v) is 2.99. The Morgan fingerprint density at radius 2 is 1.69 bits per heavy atom. The third kappa shape index (κ3) is 2.93. The maximum absolute atomic E-state index is 8.94. The normalized spacial score (nSPS) is 10.8. The first kappa shape index (κ1) is 16.0. The number of fused-ring (bicyclic) bond motifs is 1. The lowest BCUT2D eigenvalue weighted by molar-refractivity contribution is 0.979. The average Bonchev–Trinajstić information content (AvgIpc) is 3.07. The molecule has 0 saturated heterocycles. The van der Waals surface area contributed by atoms with Gasteiger partial charge in [0.15, 0.2) is 5.65 Å². The Bertz CT molecular complexity index is 1120. The van der Waals surface area contributed by atoms with Crippen molar-refractivity contribution in [2.45, 2.75) is 20.3 Å². The van der Waals surface area contributed by atoms with Gasteiger partial charge >= 0.3 is 0 Å². The molecule has 0 radical (unpaired) electrons. The van der Waals surface area contributed by atoms with Crippen molar-refractivity contribution in [1.82, 2.24) is 19.5 Å². The maximum Gasteiger partial charge on any atom is 0.168 e. The van der Waals surface area contributed by atoms with Gasteiger partial charge in [-0.25, -0.2) is 15.0 Å². The first-order chi connectivity index (χ1) is 12.6. The van der Waals surface area contributed by atoms with Gasteiger partial charge in [-0.1, -0.05) is 29.8 Å². The third-order valence-corrected chi connectivity index (χ3v) is 4.35. The molecule has 4 aromatic rings. The highest BCUT2D eigenvalue weighted by Gasteiger charge is 2.13. The number of rotatable bonds is 3. The summed E-state index contributed by atoms with van der Waals surface area (Å²) in [6.07, 6.45) is 2.45. The number of imidazole rings is 1. The minimum absolute atomic E-state index is 0.649. The summed E-state index contributed by atoms with van der Waals surface area (Å²) in [6.45, 7) is 3.96. The Hall–Kier alpha value is -3.52. The minimum atomic E-state index is 0.649. The largest absolute Gasteiger partial charge is 0.283 e. The van der Waals surface area contributed by atoms with Gasteiger partial charge in [-0.15, -0.1) is 0 Å². The van der Waals surface area contributed by atoms with Crippen molar-refractivity contribution in [1.29, 1.82) is 5.26 Å². The Labute approximate surface area is 151 Å². The lowest BCUT2D eigenvalue weighted by Gasteiger charge is -2.07. The molecule has 0 bridgehead atoms. The monoisotopic (exact) mass is 339 g/mol. The lowest BCUT2D eigenvalue weighted by Crippen LogP contribution is -2.01. The molecule has 0 amide bonds. The molecule has 5 heteroatoms. The highest BCUT2D eigenvalue weighted by molar-refractivity contribution is 5.76. The van der Waals surface area contributed by atoms with E-state index in [1.807, 2.05) is 35.8 Å². The van der Waals surface area contributed by atoms with E-state index in [-0.39, 0.29) is 0 Å². The van der Waals surface area contributed by atoms with Gasteiger partial charge in [-0.05, 0) is 43.7 Å². The van der Waals surface area contributed by atoms with Gasteiger partial charge < -0.3 is 0 Å². The molecule has 0 fully saturated rings. The van der Waals surface area contributed by atoms with Crippen molar-refractivity contribution >= 4 is 11.2 Å². The molecule has 0 unspecified atom stereocenters. The van der Waals surface area contributed by atoms with Gasteiger partial charge in [-0.2, -0.15) is 5.26 Å². The minimum Gasteiger partial charge on any atom is -0.283 e.